The molecule has 0 aliphatic rings. The van der Waals surface area contributed by atoms with Gasteiger partial charge in [-0.05, 0) is 36.8 Å². The summed E-state index contributed by atoms with van der Waals surface area (Å²) >= 11 is 5.77. The summed E-state index contributed by atoms with van der Waals surface area (Å²) in [6, 6.07) is 7.70. The predicted molar refractivity (Wildman–Crippen MR) is 120 cm³/mol. The molecule has 1 atom stereocenters. The van der Waals surface area contributed by atoms with E-state index < -0.39 is 81.2 Å². The molecule has 4 aromatic rings. The normalized spacial score (nSPS) is 12.5. The van der Waals surface area contributed by atoms with Gasteiger partial charge in [-0.3, -0.25) is 4.79 Å². The molecule has 0 N–H and O–H groups in total. The summed E-state index contributed by atoms with van der Waals surface area (Å²) in [5.74, 6) is -17.1. The lowest BCUT2D eigenvalue weighted by Gasteiger charge is -2.16. The summed E-state index contributed by atoms with van der Waals surface area (Å²) in [4.78, 5) is 25.3. The number of rotatable bonds is 5. The van der Waals surface area contributed by atoms with Gasteiger partial charge in [-0.15, -0.1) is 0 Å². The SMILES string of the molecule is CC(Oc1c(F)c(F)c(F)c(F)c1F)C(=O)Oc1ccc2c(=O)c(-c3ccc(Cl)cc3)c(C(F)(F)F)oc2c1. The van der Waals surface area contributed by atoms with Crippen molar-refractivity contribution >= 4 is 28.5 Å². The van der Waals surface area contributed by atoms with Gasteiger partial charge in [0.05, 0.1) is 10.9 Å². The monoisotopic (exact) mass is 578 g/mol. The first-order valence-corrected chi connectivity index (χ1v) is 10.9. The molecule has 4 rings (SSSR count). The Morgan fingerprint density at radius 3 is 2.03 bits per heavy atom. The smallest absolute Gasteiger partial charge is 0.450 e. The molecule has 1 aromatic heterocycles. The predicted octanol–water partition coefficient (Wildman–Crippen LogP) is 7.20. The third-order valence-electron chi connectivity index (χ3n) is 5.27. The minimum Gasteiger partial charge on any atom is -0.473 e. The Bertz CT molecular complexity index is 1640. The van der Waals surface area contributed by atoms with Crippen molar-refractivity contribution in [2.75, 3.05) is 0 Å². The molecule has 0 fully saturated rings. The van der Waals surface area contributed by atoms with Crippen molar-refractivity contribution in [3.63, 3.8) is 0 Å². The number of carbonyl (C=O) groups is 1. The molecule has 1 heterocycles. The van der Waals surface area contributed by atoms with Crippen LogP contribution in [0.15, 0.2) is 51.7 Å². The van der Waals surface area contributed by atoms with E-state index in [-0.39, 0.29) is 16.0 Å². The zero-order valence-electron chi connectivity index (χ0n) is 19.1. The number of ether oxygens (including phenoxy) is 2. The lowest BCUT2D eigenvalue weighted by molar-refractivity contribution is -0.152. The van der Waals surface area contributed by atoms with Crippen LogP contribution in [0.1, 0.15) is 12.7 Å². The Kier molecular flexibility index (Phi) is 7.30. The Morgan fingerprint density at radius 1 is 0.897 bits per heavy atom. The second-order valence-electron chi connectivity index (χ2n) is 7.88. The summed E-state index contributed by atoms with van der Waals surface area (Å²) in [6.45, 7) is 0.849. The second-order valence-corrected chi connectivity index (χ2v) is 8.31. The number of benzene rings is 3. The zero-order valence-corrected chi connectivity index (χ0v) is 19.8. The standard InChI is InChI=1S/C25H11ClF8O5/c1-9(37-22-19(30)17(28)16(27)18(29)20(22)31)24(36)38-12-6-7-13-14(8-12)39-23(25(32,33)34)15(21(13)35)10-2-4-11(26)5-3-10/h2-9H,1H3. The van der Waals surface area contributed by atoms with E-state index in [4.69, 9.17) is 20.8 Å². The van der Waals surface area contributed by atoms with Gasteiger partial charge in [0, 0.05) is 11.1 Å². The molecule has 0 spiro atoms. The Morgan fingerprint density at radius 2 is 1.46 bits per heavy atom. The highest BCUT2D eigenvalue weighted by Crippen LogP contribution is 2.38. The van der Waals surface area contributed by atoms with Gasteiger partial charge >= 0.3 is 12.1 Å². The second kappa shape index (κ2) is 10.2. The molecule has 204 valence electrons. The third kappa shape index (κ3) is 5.26. The van der Waals surface area contributed by atoms with Gasteiger partial charge in [-0.2, -0.15) is 22.0 Å². The van der Waals surface area contributed by atoms with Crippen molar-refractivity contribution in [3.05, 3.63) is 92.6 Å². The quantitative estimate of drug-likeness (QED) is 0.0824. The highest BCUT2D eigenvalue weighted by atomic mass is 35.5. The van der Waals surface area contributed by atoms with Crippen molar-refractivity contribution in [2.24, 2.45) is 0 Å². The van der Waals surface area contributed by atoms with E-state index in [1.165, 1.54) is 24.3 Å². The number of carbonyl (C=O) groups excluding carboxylic acids is 1. The first-order valence-electron chi connectivity index (χ1n) is 10.5. The topological polar surface area (TPSA) is 65.7 Å². The van der Waals surface area contributed by atoms with Crippen LogP contribution < -0.4 is 14.9 Å². The first kappa shape index (κ1) is 27.9. The van der Waals surface area contributed by atoms with E-state index in [1.807, 2.05) is 0 Å². The number of fused-ring (bicyclic) bond motifs is 1. The Balaban J connectivity index is 1.68. The number of halogens is 9. The number of hydrogen-bond donors (Lipinski definition) is 0. The van der Waals surface area contributed by atoms with E-state index in [0.717, 1.165) is 25.1 Å². The van der Waals surface area contributed by atoms with Gasteiger partial charge in [-0.1, -0.05) is 23.7 Å². The molecule has 0 amide bonds. The van der Waals surface area contributed by atoms with Crippen LogP contribution in [0.4, 0.5) is 35.1 Å². The lowest BCUT2D eigenvalue weighted by Crippen LogP contribution is -2.29. The molecule has 0 aliphatic carbocycles. The van der Waals surface area contributed by atoms with E-state index >= 15 is 0 Å². The van der Waals surface area contributed by atoms with Gasteiger partial charge in [0.25, 0.3) is 0 Å². The Hall–Kier alpha value is -4.13. The molecule has 0 saturated heterocycles. The fourth-order valence-corrected chi connectivity index (χ4v) is 3.55. The van der Waals surface area contributed by atoms with Crippen molar-refractivity contribution in [2.45, 2.75) is 19.2 Å². The maximum atomic E-state index is 13.8. The van der Waals surface area contributed by atoms with Gasteiger partial charge in [-0.25, -0.2) is 18.0 Å². The average Bonchev–Trinajstić information content (AvgIpc) is 2.88. The maximum Gasteiger partial charge on any atom is 0.450 e. The first-order chi connectivity index (χ1) is 18.2. The highest BCUT2D eigenvalue weighted by molar-refractivity contribution is 6.30. The van der Waals surface area contributed by atoms with Crippen LogP contribution in [0.25, 0.3) is 22.1 Å². The van der Waals surface area contributed by atoms with E-state index in [1.54, 1.807) is 0 Å². The van der Waals surface area contributed by atoms with Crippen LogP contribution in [-0.4, -0.2) is 12.1 Å². The molecule has 5 nitrogen and oxygen atoms in total. The summed E-state index contributed by atoms with van der Waals surface area (Å²) in [6.07, 6.45) is -7.08. The molecule has 0 aliphatic heterocycles. The molecule has 3 aromatic carbocycles. The number of esters is 1. The van der Waals surface area contributed by atoms with Crippen molar-refractivity contribution in [1.29, 1.82) is 0 Å². The van der Waals surface area contributed by atoms with Crippen molar-refractivity contribution in [3.8, 4) is 22.6 Å². The molecule has 39 heavy (non-hydrogen) atoms. The van der Waals surface area contributed by atoms with Gasteiger partial charge in [0.2, 0.25) is 40.3 Å². The maximum absolute atomic E-state index is 13.8. The van der Waals surface area contributed by atoms with Crippen molar-refractivity contribution < 1.29 is 53.8 Å². The number of alkyl halides is 3. The highest BCUT2D eigenvalue weighted by Gasteiger charge is 2.39. The summed E-state index contributed by atoms with van der Waals surface area (Å²) in [5, 5.41) is -0.110. The van der Waals surface area contributed by atoms with Crippen LogP contribution in [0.5, 0.6) is 11.5 Å². The largest absolute Gasteiger partial charge is 0.473 e. The van der Waals surface area contributed by atoms with Crippen LogP contribution in [0.3, 0.4) is 0 Å². The molecular weight excluding hydrogens is 568 g/mol. The van der Waals surface area contributed by atoms with Crippen molar-refractivity contribution in [1.82, 2.24) is 0 Å². The summed E-state index contributed by atoms with van der Waals surface area (Å²) in [5.41, 5.74) is -2.62. The van der Waals surface area contributed by atoms with E-state index in [9.17, 15) is 44.7 Å². The zero-order chi connectivity index (χ0) is 28.8. The number of hydrogen-bond acceptors (Lipinski definition) is 5. The Labute approximate surface area is 217 Å². The molecule has 0 bridgehead atoms. The van der Waals surface area contributed by atoms with E-state index in [0.29, 0.717) is 0 Å². The third-order valence-corrected chi connectivity index (χ3v) is 5.52. The van der Waals surface area contributed by atoms with Crippen LogP contribution in [0, 0.1) is 29.1 Å². The fourth-order valence-electron chi connectivity index (χ4n) is 3.43. The van der Waals surface area contributed by atoms with E-state index in [2.05, 4.69) is 4.74 Å². The van der Waals surface area contributed by atoms with Crippen LogP contribution in [-0.2, 0) is 11.0 Å². The molecular formula is C25H11ClF8O5. The average molecular weight is 579 g/mol. The van der Waals surface area contributed by atoms with Crippen LogP contribution in [0.2, 0.25) is 5.02 Å². The minimum absolute atomic E-state index is 0.128. The lowest BCUT2D eigenvalue weighted by atomic mass is 10.0. The molecule has 1 unspecified atom stereocenters. The van der Waals surface area contributed by atoms with Gasteiger partial charge < -0.3 is 13.9 Å². The minimum atomic E-state index is -5.12. The van der Waals surface area contributed by atoms with Gasteiger partial charge in [0.15, 0.2) is 11.9 Å². The molecule has 14 heteroatoms. The summed E-state index contributed by atoms with van der Waals surface area (Å²) in [7, 11) is 0. The molecule has 0 radical (unpaired) electrons. The summed E-state index contributed by atoms with van der Waals surface area (Å²) < 4.78 is 123. The molecule has 0 saturated carbocycles. The van der Waals surface area contributed by atoms with Crippen LogP contribution >= 0.6 is 11.6 Å². The fraction of sp³-hybridized carbons (Fsp3) is 0.120. The van der Waals surface area contributed by atoms with Gasteiger partial charge in [0.1, 0.15) is 11.3 Å².